The van der Waals surface area contributed by atoms with Gasteiger partial charge in [-0.3, -0.25) is 0 Å². The highest BCUT2D eigenvalue weighted by molar-refractivity contribution is 7.80. The third kappa shape index (κ3) is 3.03. The lowest BCUT2D eigenvalue weighted by atomic mass is 9.80. The molecule has 2 rings (SSSR count). The summed E-state index contributed by atoms with van der Waals surface area (Å²) >= 11 is 11.4. The molecule has 0 spiro atoms. The summed E-state index contributed by atoms with van der Waals surface area (Å²) in [6.45, 7) is 8.98. The van der Waals surface area contributed by atoms with Crippen LogP contribution in [0.5, 0.6) is 0 Å². The molecule has 1 fully saturated rings. The Labute approximate surface area is 125 Å². The summed E-state index contributed by atoms with van der Waals surface area (Å²) in [5.41, 5.74) is 8.04. The summed E-state index contributed by atoms with van der Waals surface area (Å²) in [7, 11) is 0. The fraction of sp³-hybridized carbons (Fsp3) is 0.533. The fourth-order valence-electron chi connectivity index (χ4n) is 2.71. The van der Waals surface area contributed by atoms with Crippen LogP contribution in [0.15, 0.2) is 18.2 Å². The Bertz CT molecular complexity index is 493. The normalized spacial score (nSPS) is 19.8. The zero-order valence-corrected chi connectivity index (χ0v) is 13.3. The molecule has 0 saturated carbocycles. The van der Waals surface area contributed by atoms with Crippen LogP contribution in [0.3, 0.4) is 0 Å². The van der Waals surface area contributed by atoms with E-state index in [0.717, 1.165) is 24.3 Å². The van der Waals surface area contributed by atoms with Gasteiger partial charge in [0.25, 0.3) is 0 Å². The topological polar surface area (TPSA) is 29.3 Å². The van der Waals surface area contributed by atoms with Crippen LogP contribution < -0.4 is 10.6 Å². The van der Waals surface area contributed by atoms with Crippen molar-refractivity contribution in [2.45, 2.75) is 27.2 Å². The van der Waals surface area contributed by atoms with Crippen molar-refractivity contribution in [3.63, 3.8) is 0 Å². The Balaban J connectivity index is 2.30. The zero-order chi connectivity index (χ0) is 14.2. The SMILES string of the molecule is CC(C)(C)C1CCN(c2cccc(Cl)c2C(N)=S)C1. The molecule has 1 aromatic rings. The second kappa shape index (κ2) is 5.29. The second-order valence-corrected chi connectivity index (χ2v) is 7.14. The van der Waals surface area contributed by atoms with Gasteiger partial charge in [0, 0.05) is 18.8 Å². The van der Waals surface area contributed by atoms with E-state index < -0.39 is 0 Å². The molecule has 2 nitrogen and oxygen atoms in total. The highest BCUT2D eigenvalue weighted by Gasteiger charge is 2.32. The van der Waals surface area contributed by atoms with Gasteiger partial charge in [0.2, 0.25) is 0 Å². The standard InChI is InChI=1S/C15H21ClN2S/c1-15(2,3)10-7-8-18(9-10)12-6-4-5-11(16)13(12)14(17)19/h4-6,10H,7-9H2,1-3H3,(H2,17,19). The molecule has 104 valence electrons. The van der Waals surface area contributed by atoms with Gasteiger partial charge in [-0.15, -0.1) is 0 Å². The molecule has 1 aromatic carbocycles. The largest absolute Gasteiger partial charge is 0.389 e. The molecule has 0 aromatic heterocycles. The Hall–Kier alpha value is -0.800. The molecular weight excluding hydrogens is 276 g/mol. The second-order valence-electron chi connectivity index (χ2n) is 6.30. The van der Waals surface area contributed by atoms with Gasteiger partial charge in [0.05, 0.1) is 10.6 Å². The molecule has 1 aliphatic rings. The van der Waals surface area contributed by atoms with E-state index in [-0.39, 0.29) is 0 Å². The molecule has 1 aliphatic heterocycles. The number of nitrogens with zero attached hydrogens (tertiary/aromatic N) is 1. The van der Waals surface area contributed by atoms with E-state index in [2.05, 4.69) is 31.7 Å². The summed E-state index contributed by atoms with van der Waals surface area (Å²) in [5.74, 6) is 0.686. The van der Waals surface area contributed by atoms with Crippen molar-refractivity contribution in [2.75, 3.05) is 18.0 Å². The molecule has 19 heavy (non-hydrogen) atoms. The van der Waals surface area contributed by atoms with E-state index in [1.807, 2.05) is 12.1 Å². The van der Waals surface area contributed by atoms with Crippen LogP contribution in [0.1, 0.15) is 32.8 Å². The van der Waals surface area contributed by atoms with Gasteiger partial charge < -0.3 is 10.6 Å². The summed E-state index contributed by atoms with van der Waals surface area (Å²) in [6.07, 6.45) is 1.20. The first-order valence-corrected chi connectivity index (χ1v) is 7.42. The molecule has 1 unspecified atom stereocenters. The fourth-order valence-corrected chi connectivity index (χ4v) is 3.25. The number of nitrogens with two attached hydrogens (primary N) is 1. The summed E-state index contributed by atoms with van der Waals surface area (Å²) in [5, 5.41) is 0.643. The smallest absolute Gasteiger partial charge is 0.107 e. The van der Waals surface area contributed by atoms with Crippen LogP contribution in [0.2, 0.25) is 5.02 Å². The zero-order valence-electron chi connectivity index (χ0n) is 11.7. The molecular formula is C15H21ClN2S. The van der Waals surface area contributed by atoms with Gasteiger partial charge in [0.1, 0.15) is 4.99 Å². The molecule has 0 radical (unpaired) electrons. The highest BCUT2D eigenvalue weighted by atomic mass is 35.5. The number of rotatable bonds is 2. The number of halogens is 1. The van der Waals surface area contributed by atoms with Gasteiger partial charge >= 0.3 is 0 Å². The first kappa shape index (κ1) is 14.6. The lowest BCUT2D eigenvalue weighted by Crippen LogP contribution is -2.27. The molecule has 2 N–H and O–H groups in total. The number of hydrogen-bond acceptors (Lipinski definition) is 2. The van der Waals surface area contributed by atoms with Crippen molar-refractivity contribution >= 4 is 34.5 Å². The minimum absolute atomic E-state index is 0.330. The third-order valence-corrected chi connectivity index (χ3v) is 4.51. The van der Waals surface area contributed by atoms with E-state index in [1.165, 1.54) is 6.42 Å². The first-order valence-electron chi connectivity index (χ1n) is 6.64. The van der Waals surface area contributed by atoms with Gasteiger partial charge in [-0.05, 0) is 29.9 Å². The van der Waals surface area contributed by atoms with Gasteiger partial charge in [-0.25, -0.2) is 0 Å². The van der Waals surface area contributed by atoms with Crippen molar-refractivity contribution < 1.29 is 0 Å². The average molecular weight is 297 g/mol. The predicted molar refractivity (Wildman–Crippen MR) is 87.1 cm³/mol. The van der Waals surface area contributed by atoms with Crippen LogP contribution in [0, 0.1) is 11.3 Å². The van der Waals surface area contributed by atoms with Crippen molar-refractivity contribution in [2.24, 2.45) is 17.1 Å². The van der Waals surface area contributed by atoms with Crippen molar-refractivity contribution in [3.8, 4) is 0 Å². The third-order valence-electron chi connectivity index (χ3n) is 3.99. The predicted octanol–water partition coefficient (Wildman–Crippen LogP) is 3.85. The molecule has 1 heterocycles. The summed E-state index contributed by atoms with van der Waals surface area (Å²) < 4.78 is 0. The molecule has 4 heteroatoms. The van der Waals surface area contributed by atoms with Crippen molar-refractivity contribution in [1.29, 1.82) is 0 Å². The first-order chi connectivity index (χ1) is 8.80. The Morgan fingerprint density at radius 1 is 1.42 bits per heavy atom. The minimum atomic E-state index is 0.330. The Morgan fingerprint density at radius 3 is 2.63 bits per heavy atom. The van der Waals surface area contributed by atoms with Gasteiger partial charge in [-0.1, -0.05) is 50.7 Å². The lowest BCUT2D eigenvalue weighted by Gasteiger charge is -2.28. The highest BCUT2D eigenvalue weighted by Crippen LogP contribution is 2.37. The quantitative estimate of drug-likeness (QED) is 0.841. The van der Waals surface area contributed by atoms with Crippen molar-refractivity contribution in [3.05, 3.63) is 28.8 Å². The summed E-state index contributed by atoms with van der Waals surface area (Å²) in [6, 6.07) is 5.87. The minimum Gasteiger partial charge on any atom is -0.389 e. The van der Waals surface area contributed by atoms with Crippen molar-refractivity contribution in [1.82, 2.24) is 0 Å². The lowest BCUT2D eigenvalue weighted by molar-refractivity contribution is 0.263. The Kier molecular flexibility index (Phi) is 4.07. The number of anilines is 1. The van der Waals surface area contributed by atoms with Gasteiger partial charge in [-0.2, -0.15) is 0 Å². The maximum absolute atomic E-state index is 6.23. The van der Waals surface area contributed by atoms with E-state index >= 15 is 0 Å². The Morgan fingerprint density at radius 2 is 2.11 bits per heavy atom. The molecule has 0 bridgehead atoms. The maximum atomic E-state index is 6.23. The maximum Gasteiger partial charge on any atom is 0.107 e. The van der Waals surface area contributed by atoms with Crippen LogP contribution >= 0.6 is 23.8 Å². The molecule has 1 atom stereocenters. The average Bonchev–Trinajstić information content (AvgIpc) is 2.76. The molecule has 0 aliphatic carbocycles. The van der Waals surface area contributed by atoms with Crippen LogP contribution in [-0.2, 0) is 0 Å². The van der Waals surface area contributed by atoms with Crippen LogP contribution in [0.25, 0.3) is 0 Å². The van der Waals surface area contributed by atoms with E-state index in [4.69, 9.17) is 29.6 Å². The van der Waals surface area contributed by atoms with E-state index in [0.29, 0.717) is 21.3 Å². The van der Waals surface area contributed by atoms with Gasteiger partial charge in [0.15, 0.2) is 0 Å². The van der Waals surface area contributed by atoms with Crippen LogP contribution in [0.4, 0.5) is 5.69 Å². The number of hydrogen-bond donors (Lipinski definition) is 1. The number of benzene rings is 1. The van der Waals surface area contributed by atoms with Crippen LogP contribution in [-0.4, -0.2) is 18.1 Å². The van der Waals surface area contributed by atoms with E-state index in [9.17, 15) is 0 Å². The molecule has 1 saturated heterocycles. The van der Waals surface area contributed by atoms with E-state index in [1.54, 1.807) is 0 Å². The summed E-state index contributed by atoms with van der Waals surface area (Å²) in [4.78, 5) is 2.73. The monoisotopic (exact) mass is 296 g/mol. The molecule has 0 amide bonds. The number of thiocarbonyl (C=S) groups is 1.